The minimum atomic E-state index is -0.913. The Kier molecular flexibility index (Phi) is 7.29. The number of phenolic OH excluding ortho intramolecular Hbond substituents is 1. The lowest BCUT2D eigenvalue weighted by Gasteiger charge is -2.75. The van der Waals surface area contributed by atoms with Crippen molar-refractivity contribution < 1.29 is 29.6 Å². The second kappa shape index (κ2) is 10.1. The normalized spacial score (nSPS) is 37.6. The molecule has 4 bridgehead atoms. The molecule has 2 spiro atoms. The second-order valence-electron chi connectivity index (χ2n) is 16.4. The van der Waals surface area contributed by atoms with E-state index in [4.69, 9.17) is 20.3 Å². The van der Waals surface area contributed by atoms with E-state index in [9.17, 15) is 15.0 Å². The Balaban J connectivity index is 0.000000321. The third kappa shape index (κ3) is 4.25. The molecule has 1 aromatic rings. The highest BCUT2D eigenvalue weighted by Crippen LogP contribution is 2.78. The first-order chi connectivity index (χ1) is 20.1. The van der Waals surface area contributed by atoms with Gasteiger partial charge in [-0.05, 0) is 93.7 Å². The molecule has 5 aliphatic carbocycles. The first kappa shape index (κ1) is 31.1. The molecule has 5 fully saturated rings. The zero-order valence-electron chi connectivity index (χ0n) is 27.3. The Morgan fingerprint density at radius 1 is 1.19 bits per heavy atom. The van der Waals surface area contributed by atoms with Crippen LogP contribution in [-0.2, 0) is 21.4 Å². The average molecular weight is 599 g/mol. The molecule has 1 aromatic carbocycles. The van der Waals surface area contributed by atoms with Gasteiger partial charge in [0.25, 0.3) is 0 Å². The zero-order valence-corrected chi connectivity index (χ0v) is 27.3. The van der Waals surface area contributed by atoms with Crippen LogP contribution in [0.3, 0.4) is 0 Å². The Bertz CT molecular complexity index is 1270. The van der Waals surface area contributed by atoms with Crippen LogP contribution in [0.2, 0.25) is 0 Å². The number of aromatic hydroxyl groups is 1. The van der Waals surface area contributed by atoms with Gasteiger partial charge in [0, 0.05) is 42.0 Å². The number of nitrogens with two attached hydrogens (primary N) is 1. The van der Waals surface area contributed by atoms with E-state index in [1.54, 1.807) is 0 Å². The van der Waals surface area contributed by atoms with Gasteiger partial charge in [0.1, 0.15) is 17.7 Å². The van der Waals surface area contributed by atoms with Crippen LogP contribution in [0.5, 0.6) is 11.5 Å². The fourth-order valence-corrected chi connectivity index (χ4v) is 10.2. The lowest BCUT2D eigenvalue weighted by atomic mass is 9.33. The fourth-order valence-electron chi connectivity index (χ4n) is 10.2. The summed E-state index contributed by atoms with van der Waals surface area (Å²) < 4.78 is 13.5. The molecule has 0 radical (unpaired) electrons. The number of likely N-dealkylation sites (tertiary alicyclic amines) is 1. The molecule has 0 amide bonds. The molecule has 1 saturated heterocycles. The van der Waals surface area contributed by atoms with E-state index < -0.39 is 23.2 Å². The Morgan fingerprint density at radius 3 is 2.44 bits per heavy atom. The molecule has 8 atom stereocenters. The third-order valence-corrected chi connectivity index (χ3v) is 12.9. The van der Waals surface area contributed by atoms with Gasteiger partial charge in [-0.3, -0.25) is 9.69 Å². The second-order valence-corrected chi connectivity index (χ2v) is 16.4. The van der Waals surface area contributed by atoms with Gasteiger partial charge < -0.3 is 30.5 Å². The minimum absolute atomic E-state index is 0.0294. The average Bonchev–Trinajstić information content (AvgIpc) is 3.67. The molecule has 8 heteroatoms. The maximum atomic E-state index is 12.2. The minimum Gasteiger partial charge on any atom is -0.504 e. The van der Waals surface area contributed by atoms with Crippen molar-refractivity contribution in [1.29, 1.82) is 0 Å². The quantitative estimate of drug-likeness (QED) is 0.351. The van der Waals surface area contributed by atoms with Gasteiger partial charge >= 0.3 is 5.97 Å². The van der Waals surface area contributed by atoms with Crippen LogP contribution in [0.1, 0.15) is 97.6 Å². The summed E-state index contributed by atoms with van der Waals surface area (Å²) in [5, 5.41) is 31.5. The van der Waals surface area contributed by atoms with Crippen molar-refractivity contribution in [3.63, 3.8) is 0 Å². The summed E-state index contributed by atoms with van der Waals surface area (Å²) in [6.45, 7) is 14.7. The number of carbonyl (C=O) groups is 1. The van der Waals surface area contributed by atoms with Crippen LogP contribution in [0.25, 0.3) is 0 Å². The molecule has 1 unspecified atom stereocenters. The van der Waals surface area contributed by atoms with E-state index in [0.717, 1.165) is 44.6 Å². The highest BCUT2D eigenvalue weighted by molar-refractivity contribution is 5.73. The molecule has 240 valence electrons. The van der Waals surface area contributed by atoms with Crippen LogP contribution in [0.15, 0.2) is 12.1 Å². The third-order valence-electron chi connectivity index (χ3n) is 12.9. The van der Waals surface area contributed by atoms with Gasteiger partial charge in [-0.2, -0.15) is 0 Å². The van der Waals surface area contributed by atoms with Crippen molar-refractivity contribution in [3.8, 4) is 11.5 Å². The monoisotopic (exact) mass is 598 g/mol. The number of rotatable bonds is 7. The first-order valence-corrected chi connectivity index (χ1v) is 16.6. The van der Waals surface area contributed by atoms with E-state index in [2.05, 4.69) is 31.7 Å². The van der Waals surface area contributed by atoms with Crippen molar-refractivity contribution in [2.24, 2.45) is 34.3 Å². The Morgan fingerprint density at radius 2 is 1.88 bits per heavy atom. The largest absolute Gasteiger partial charge is 0.504 e. The lowest BCUT2D eigenvalue weighted by Crippen LogP contribution is -2.83. The van der Waals surface area contributed by atoms with Gasteiger partial charge in [0.15, 0.2) is 11.5 Å². The number of carboxylic acids is 1. The van der Waals surface area contributed by atoms with E-state index in [1.807, 2.05) is 33.9 Å². The molecular formula is C35H54N2O6. The maximum absolute atomic E-state index is 12.2. The molecular weight excluding hydrogens is 544 g/mol. The summed E-state index contributed by atoms with van der Waals surface area (Å²) in [5.74, 6) is 1.25. The molecule has 7 aliphatic rings. The number of methoxy groups -OCH3 is 1. The Labute approximate surface area is 257 Å². The molecule has 4 saturated carbocycles. The summed E-state index contributed by atoms with van der Waals surface area (Å²) >= 11 is 0. The van der Waals surface area contributed by atoms with E-state index in [0.29, 0.717) is 24.1 Å². The van der Waals surface area contributed by atoms with Crippen molar-refractivity contribution in [3.05, 3.63) is 23.3 Å². The molecule has 8 rings (SSSR count). The number of fused-ring (bicyclic) bond motifs is 2. The number of hydrogen-bond acceptors (Lipinski definition) is 7. The molecule has 5 N–H and O–H groups in total. The molecule has 43 heavy (non-hydrogen) atoms. The number of benzene rings is 1. The van der Waals surface area contributed by atoms with Gasteiger partial charge in [-0.1, -0.05) is 40.7 Å². The molecule has 0 aromatic heterocycles. The summed E-state index contributed by atoms with van der Waals surface area (Å²) in [7, 11) is 1.83. The van der Waals surface area contributed by atoms with Crippen molar-refractivity contribution in [2.75, 3.05) is 20.2 Å². The molecule has 2 heterocycles. The van der Waals surface area contributed by atoms with Crippen LogP contribution in [-0.4, -0.2) is 75.8 Å². The van der Waals surface area contributed by atoms with E-state index in [1.165, 1.54) is 30.5 Å². The highest BCUT2D eigenvalue weighted by atomic mass is 16.6. The summed E-state index contributed by atoms with van der Waals surface area (Å²) in [6, 6.07) is 3.77. The SMILES string of the molecule is CC(C)CC(N)C(=O)O.CO[C@@]12CC[C@@]3(C[C@@H]1[C@](C)(O)C(C)(C)C)[C@H]1Cc4ccc(O)c5c4[C@@]3(CCN1CC1CC1)[C@H]2O5. The molecule has 2 aliphatic heterocycles. The molecule has 8 nitrogen and oxygen atoms in total. The predicted octanol–water partition coefficient (Wildman–Crippen LogP) is 4.86. The highest BCUT2D eigenvalue weighted by Gasteiger charge is 2.82. The summed E-state index contributed by atoms with van der Waals surface area (Å²) in [5.41, 5.74) is 6.00. The van der Waals surface area contributed by atoms with E-state index >= 15 is 0 Å². The summed E-state index contributed by atoms with van der Waals surface area (Å²) in [6.07, 6.45) is 8.19. The number of piperidine rings is 1. The number of aliphatic hydroxyl groups is 1. The summed E-state index contributed by atoms with van der Waals surface area (Å²) in [4.78, 5) is 12.9. The predicted molar refractivity (Wildman–Crippen MR) is 165 cm³/mol. The van der Waals surface area contributed by atoms with Gasteiger partial charge in [-0.25, -0.2) is 0 Å². The number of carboxylic acid groups (broad SMARTS) is 1. The van der Waals surface area contributed by atoms with E-state index in [-0.39, 0.29) is 34.0 Å². The number of aliphatic carboxylic acids is 1. The van der Waals surface area contributed by atoms with Crippen molar-refractivity contribution in [2.45, 2.75) is 128 Å². The van der Waals surface area contributed by atoms with Crippen molar-refractivity contribution in [1.82, 2.24) is 4.90 Å². The van der Waals surface area contributed by atoms with Crippen LogP contribution in [0.4, 0.5) is 0 Å². The fraction of sp³-hybridized carbons (Fsp3) is 0.800. The number of nitrogens with zero attached hydrogens (tertiary/aromatic N) is 1. The topological polar surface area (TPSA) is 125 Å². The van der Waals surface area contributed by atoms with Gasteiger partial charge in [0.05, 0.1) is 5.60 Å². The number of phenols is 1. The van der Waals surface area contributed by atoms with Crippen molar-refractivity contribution >= 4 is 5.97 Å². The number of ether oxygens (including phenoxy) is 2. The first-order valence-electron chi connectivity index (χ1n) is 16.6. The van der Waals surface area contributed by atoms with Crippen LogP contribution >= 0.6 is 0 Å². The van der Waals surface area contributed by atoms with Crippen LogP contribution in [0, 0.1) is 28.6 Å². The number of hydrogen-bond donors (Lipinski definition) is 4. The van der Waals surface area contributed by atoms with Crippen LogP contribution < -0.4 is 10.5 Å². The Hall–Kier alpha value is -1.87. The lowest BCUT2D eigenvalue weighted by molar-refractivity contribution is -0.312. The standard InChI is InChI=1S/C29H41NO4.C6H13NO2/c1-25(2,3)26(4,32)20-15-27-10-11-29(20,33-5)24-28(27)12-13-30(16-17-6-7-17)21(27)14-18-8-9-19(31)23(34-24)22(18)28;1-4(2)3-5(7)6(8)9/h8-9,17,20-21,24,31-32H,6-7,10-16H2,1-5H3;4-5H,3,7H2,1-2H3,(H,8,9)/t20-,21-,24-,26+,27-,28+,29+;/m1./s1. The smallest absolute Gasteiger partial charge is 0.320 e. The maximum Gasteiger partial charge on any atom is 0.320 e. The zero-order chi connectivity index (χ0) is 31.3. The van der Waals surface area contributed by atoms with Gasteiger partial charge in [0.2, 0.25) is 0 Å². The van der Waals surface area contributed by atoms with Gasteiger partial charge in [-0.15, -0.1) is 0 Å².